The first kappa shape index (κ1) is 17.8. The van der Waals surface area contributed by atoms with E-state index in [4.69, 9.17) is 0 Å². The summed E-state index contributed by atoms with van der Waals surface area (Å²) in [6.07, 6.45) is 2.54. The molecule has 0 heterocycles. The monoisotopic (exact) mass is 178 g/mol. The molecule has 0 bridgehead atoms. The second-order valence-corrected chi connectivity index (χ2v) is 3.02. The van der Waals surface area contributed by atoms with E-state index in [1.165, 1.54) is 19.9 Å². The lowest BCUT2D eigenvalue weighted by Crippen LogP contribution is -2.25. The van der Waals surface area contributed by atoms with E-state index < -0.39 is 0 Å². The van der Waals surface area contributed by atoms with Crippen molar-refractivity contribution in [2.75, 3.05) is 14.1 Å². The zero-order valence-corrected chi connectivity index (χ0v) is 9.15. The van der Waals surface area contributed by atoms with E-state index in [1.54, 1.807) is 0 Å². The Balaban J connectivity index is -0.000000249. The molecule has 0 aliphatic heterocycles. The molecule has 12 heavy (non-hydrogen) atoms. The smallest absolute Gasteiger partial charge is 0.00638 e. The Morgan fingerprint density at radius 3 is 1.75 bits per heavy atom. The molecule has 0 aliphatic rings. The standard InChI is InChI=1S/C8H19N.CH5N.H2O/c1-5-8(9-4)6-7(2)3;1-2;/h7-9H,5-6H2,1-4H3;2H2,1H3;1H2/t8-;;/m1../s1. The lowest BCUT2D eigenvalue weighted by Gasteiger charge is -2.15. The van der Waals surface area contributed by atoms with Gasteiger partial charge in [-0.15, -0.1) is 0 Å². The summed E-state index contributed by atoms with van der Waals surface area (Å²) in [6, 6.07) is 0.727. The van der Waals surface area contributed by atoms with Gasteiger partial charge in [-0.25, -0.2) is 0 Å². The van der Waals surface area contributed by atoms with E-state index in [0.717, 1.165) is 12.0 Å². The molecular weight excluding hydrogens is 152 g/mol. The Kier molecular flexibility index (Phi) is 20.0. The van der Waals surface area contributed by atoms with Gasteiger partial charge in [0, 0.05) is 6.04 Å². The number of hydrogen-bond acceptors (Lipinski definition) is 2. The first-order valence-corrected chi connectivity index (χ1v) is 4.45. The van der Waals surface area contributed by atoms with Crippen molar-refractivity contribution in [2.45, 2.75) is 39.7 Å². The first-order valence-electron chi connectivity index (χ1n) is 4.45. The van der Waals surface area contributed by atoms with Crippen LogP contribution in [0.3, 0.4) is 0 Å². The third-order valence-corrected chi connectivity index (χ3v) is 1.66. The molecule has 0 amide bonds. The molecule has 0 saturated carbocycles. The van der Waals surface area contributed by atoms with Gasteiger partial charge in [-0.3, -0.25) is 0 Å². The van der Waals surface area contributed by atoms with Crippen LogP contribution < -0.4 is 11.1 Å². The van der Waals surface area contributed by atoms with Crippen LogP contribution in [-0.2, 0) is 0 Å². The molecule has 0 aromatic heterocycles. The van der Waals surface area contributed by atoms with Crippen LogP contribution in [0, 0.1) is 5.92 Å². The molecule has 3 nitrogen and oxygen atoms in total. The van der Waals surface area contributed by atoms with Crippen molar-refractivity contribution in [3.8, 4) is 0 Å². The fourth-order valence-electron chi connectivity index (χ4n) is 1.06. The second kappa shape index (κ2) is 13.5. The van der Waals surface area contributed by atoms with Gasteiger partial charge in [-0.05, 0) is 32.9 Å². The van der Waals surface area contributed by atoms with Crippen LogP contribution in [-0.4, -0.2) is 25.6 Å². The van der Waals surface area contributed by atoms with E-state index in [1.807, 2.05) is 7.05 Å². The summed E-state index contributed by atoms with van der Waals surface area (Å²) >= 11 is 0. The zero-order chi connectivity index (χ0) is 9.28. The van der Waals surface area contributed by atoms with E-state index in [2.05, 4.69) is 31.8 Å². The zero-order valence-electron chi connectivity index (χ0n) is 9.15. The van der Waals surface area contributed by atoms with Crippen molar-refractivity contribution in [2.24, 2.45) is 11.7 Å². The second-order valence-electron chi connectivity index (χ2n) is 3.02. The van der Waals surface area contributed by atoms with Crippen molar-refractivity contribution in [1.82, 2.24) is 5.32 Å². The quantitative estimate of drug-likeness (QED) is 0.668. The lowest BCUT2D eigenvalue weighted by atomic mass is 10.0. The largest absolute Gasteiger partial charge is 0.412 e. The molecule has 0 saturated heterocycles. The van der Waals surface area contributed by atoms with Crippen molar-refractivity contribution in [3.63, 3.8) is 0 Å². The normalized spacial score (nSPS) is 11.2. The Morgan fingerprint density at radius 2 is 1.67 bits per heavy atom. The molecule has 78 valence electrons. The van der Waals surface area contributed by atoms with Crippen molar-refractivity contribution in [1.29, 1.82) is 0 Å². The Hall–Kier alpha value is -0.120. The summed E-state index contributed by atoms with van der Waals surface area (Å²) in [6.45, 7) is 6.75. The van der Waals surface area contributed by atoms with E-state index >= 15 is 0 Å². The summed E-state index contributed by atoms with van der Waals surface area (Å²) in [4.78, 5) is 0. The van der Waals surface area contributed by atoms with E-state index in [0.29, 0.717) is 0 Å². The Bertz CT molecular complexity index is 63.5. The van der Waals surface area contributed by atoms with Gasteiger partial charge < -0.3 is 16.5 Å². The summed E-state index contributed by atoms with van der Waals surface area (Å²) in [5, 5.41) is 3.28. The van der Waals surface area contributed by atoms with Crippen molar-refractivity contribution >= 4 is 0 Å². The molecule has 3 heteroatoms. The third kappa shape index (κ3) is 12.5. The first-order chi connectivity index (χ1) is 5.20. The topological polar surface area (TPSA) is 69.5 Å². The van der Waals surface area contributed by atoms with E-state index in [9.17, 15) is 0 Å². The molecule has 5 N–H and O–H groups in total. The van der Waals surface area contributed by atoms with Crippen LogP contribution in [0.1, 0.15) is 33.6 Å². The molecule has 1 atom stereocenters. The highest BCUT2D eigenvalue weighted by Crippen LogP contribution is 2.06. The van der Waals surface area contributed by atoms with Gasteiger partial charge in [-0.1, -0.05) is 20.8 Å². The Labute approximate surface area is 77.0 Å². The average Bonchev–Trinajstić information content (AvgIpc) is 2.03. The Morgan fingerprint density at radius 1 is 1.25 bits per heavy atom. The van der Waals surface area contributed by atoms with Gasteiger partial charge in [0.25, 0.3) is 0 Å². The van der Waals surface area contributed by atoms with Crippen LogP contribution >= 0.6 is 0 Å². The van der Waals surface area contributed by atoms with E-state index in [-0.39, 0.29) is 5.48 Å². The summed E-state index contributed by atoms with van der Waals surface area (Å²) in [7, 11) is 3.54. The maximum Gasteiger partial charge on any atom is 0.00638 e. The molecule has 0 fully saturated rings. The van der Waals surface area contributed by atoms with Gasteiger partial charge in [0.05, 0.1) is 0 Å². The van der Waals surface area contributed by atoms with Crippen LogP contribution in [0.2, 0.25) is 0 Å². The van der Waals surface area contributed by atoms with Gasteiger partial charge in [-0.2, -0.15) is 0 Å². The SMILES string of the molecule is CC[C@H](CC(C)C)NC.CN.O. The van der Waals surface area contributed by atoms with Gasteiger partial charge >= 0.3 is 0 Å². The van der Waals surface area contributed by atoms with Gasteiger partial charge in [0.1, 0.15) is 0 Å². The summed E-state index contributed by atoms with van der Waals surface area (Å²) in [5.74, 6) is 0.822. The highest BCUT2D eigenvalue weighted by molar-refractivity contribution is 4.63. The number of nitrogens with two attached hydrogens (primary N) is 1. The minimum Gasteiger partial charge on any atom is -0.412 e. The molecule has 0 spiro atoms. The number of nitrogens with one attached hydrogen (secondary N) is 1. The molecule has 0 unspecified atom stereocenters. The predicted octanol–water partition coefficient (Wildman–Crippen LogP) is 0.781. The molecule has 0 rings (SSSR count). The van der Waals surface area contributed by atoms with Crippen LogP contribution in [0.25, 0.3) is 0 Å². The molecular formula is C9H26N2O. The third-order valence-electron chi connectivity index (χ3n) is 1.66. The molecule has 0 aliphatic carbocycles. The van der Waals surface area contributed by atoms with Gasteiger partial charge in [0.2, 0.25) is 0 Å². The maximum atomic E-state index is 4.50. The number of rotatable bonds is 4. The van der Waals surface area contributed by atoms with Crippen molar-refractivity contribution in [3.05, 3.63) is 0 Å². The fourth-order valence-corrected chi connectivity index (χ4v) is 1.06. The van der Waals surface area contributed by atoms with Crippen LogP contribution in [0.4, 0.5) is 0 Å². The highest BCUT2D eigenvalue weighted by Gasteiger charge is 2.03. The highest BCUT2D eigenvalue weighted by atomic mass is 16.0. The maximum absolute atomic E-state index is 4.50. The minimum absolute atomic E-state index is 0. The summed E-state index contributed by atoms with van der Waals surface area (Å²) in [5.41, 5.74) is 4.50. The number of hydrogen-bond donors (Lipinski definition) is 2. The van der Waals surface area contributed by atoms with Crippen LogP contribution in [0.5, 0.6) is 0 Å². The molecule has 0 aromatic rings. The predicted molar refractivity (Wildman–Crippen MR) is 56.3 cm³/mol. The summed E-state index contributed by atoms with van der Waals surface area (Å²) < 4.78 is 0. The van der Waals surface area contributed by atoms with Gasteiger partial charge in [0.15, 0.2) is 0 Å². The fraction of sp³-hybridized carbons (Fsp3) is 1.00. The molecule has 0 radical (unpaired) electrons. The average molecular weight is 178 g/mol. The molecule has 0 aromatic carbocycles. The van der Waals surface area contributed by atoms with Crippen molar-refractivity contribution < 1.29 is 5.48 Å². The van der Waals surface area contributed by atoms with Crippen LogP contribution in [0.15, 0.2) is 0 Å². The lowest BCUT2D eigenvalue weighted by molar-refractivity contribution is 0.433. The minimum atomic E-state index is 0.